The highest BCUT2D eigenvalue weighted by Crippen LogP contribution is 2.36. The maximum Gasteiger partial charge on any atom is 0.311 e. The van der Waals surface area contributed by atoms with E-state index in [0.29, 0.717) is 16.3 Å². The van der Waals surface area contributed by atoms with E-state index in [2.05, 4.69) is 26.2 Å². The number of allylic oxidation sites excluding steroid dienone is 1. The minimum absolute atomic E-state index is 0.251. The smallest absolute Gasteiger partial charge is 0.311 e. The molecule has 0 aliphatic carbocycles. The Morgan fingerprint density at radius 1 is 1.30 bits per heavy atom. The van der Waals surface area contributed by atoms with E-state index in [4.69, 9.17) is 4.74 Å². The van der Waals surface area contributed by atoms with Gasteiger partial charge in [-0.05, 0) is 48.5 Å². The highest BCUT2D eigenvalue weighted by atomic mass is 79.9. The molecule has 152 valence electrons. The molecule has 0 atom stereocenters. The maximum absolute atomic E-state index is 12.4. The number of halogens is 1. The normalized spacial score (nSPS) is 13.5. The van der Waals surface area contributed by atoms with E-state index in [1.807, 2.05) is 18.2 Å². The Morgan fingerprint density at radius 2 is 2.07 bits per heavy atom. The number of carbonyl (C=O) groups is 1. The number of aromatic hydroxyl groups is 1. The van der Waals surface area contributed by atoms with Crippen LogP contribution in [-0.2, 0) is 11.3 Å². The van der Waals surface area contributed by atoms with Crippen molar-refractivity contribution in [3.8, 4) is 11.6 Å². The summed E-state index contributed by atoms with van der Waals surface area (Å²) in [5, 5.41) is 13.2. The molecule has 0 spiro atoms. The summed E-state index contributed by atoms with van der Waals surface area (Å²) in [6.07, 6.45) is 3.38. The number of anilines is 1. The number of methoxy groups -OCH3 is 1. The standard InChI is InChI=1S/C21H16BrN3O4S/c1-29-15-5-3-14(4-6-15)24-19(26)11-25-20(27)18(30-21(25)28)8-12-10-23-17-7-2-13(22)9-16(12)17/h2-10,27H,11H2,1H3,(H,24,26). The van der Waals surface area contributed by atoms with Crippen LogP contribution in [0.3, 0.4) is 0 Å². The van der Waals surface area contributed by atoms with Crippen LogP contribution < -0.4 is 14.9 Å². The fraction of sp³-hybridized carbons (Fsp3) is 0.0952. The van der Waals surface area contributed by atoms with Gasteiger partial charge in [0.1, 0.15) is 12.3 Å². The second-order valence-corrected chi connectivity index (χ2v) is 8.35. The van der Waals surface area contributed by atoms with Gasteiger partial charge in [-0.1, -0.05) is 27.3 Å². The summed E-state index contributed by atoms with van der Waals surface area (Å²) in [7, 11) is 1.56. The van der Waals surface area contributed by atoms with Crippen molar-refractivity contribution in [1.82, 2.24) is 4.57 Å². The van der Waals surface area contributed by atoms with Gasteiger partial charge in [-0.3, -0.25) is 19.1 Å². The lowest BCUT2D eigenvalue weighted by Crippen LogP contribution is -2.24. The maximum atomic E-state index is 12.4. The highest BCUT2D eigenvalue weighted by Gasteiger charge is 2.18. The van der Waals surface area contributed by atoms with E-state index in [0.717, 1.165) is 37.2 Å². The number of thiazole rings is 1. The molecule has 0 saturated heterocycles. The zero-order valence-electron chi connectivity index (χ0n) is 15.8. The van der Waals surface area contributed by atoms with Crippen molar-refractivity contribution < 1.29 is 14.6 Å². The number of aromatic nitrogens is 1. The molecule has 2 aromatic carbocycles. The lowest BCUT2D eigenvalue weighted by atomic mass is 10.1. The number of ether oxygens (including phenoxy) is 1. The van der Waals surface area contributed by atoms with Crippen LogP contribution in [0.15, 0.2) is 56.7 Å². The molecule has 0 fully saturated rings. The Kier molecular flexibility index (Phi) is 5.56. The molecule has 0 saturated carbocycles. The Morgan fingerprint density at radius 3 is 2.80 bits per heavy atom. The number of nitrogens with one attached hydrogen (secondary N) is 1. The van der Waals surface area contributed by atoms with Gasteiger partial charge in [0, 0.05) is 27.5 Å². The number of hydrogen-bond donors (Lipinski definition) is 2. The lowest BCUT2D eigenvalue weighted by molar-refractivity contribution is -0.116. The Bertz CT molecular complexity index is 1240. The minimum atomic E-state index is -0.425. The second kappa shape index (κ2) is 8.29. The topological polar surface area (TPSA) is 92.9 Å². The minimum Gasteiger partial charge on any atom is -0.497 e. The summed E-state index contributed by atoms with van der Waals surface area (Å²) >= 11 is 4.31. The number of carbonyl (C=O) groups excluding carboxylic acids is 1. The van der Waals surface area contributed by atoms with Crippen molar-refractivity contribution in [2.75, 3.05) is 12.4 Å². The zero-order valence-corrected chi connectivity index (χ0v) is 18.2. The van der Waals surface area contributed by atoms with Gasteiger partial charge in [0.25, 0.3) is 0 Å². The Labute approximate surface area is 184 Å². The molecule has 4 rings (SSSR count). The van der Waals surface area contributed by atoms with Gasteiger partial charge in [-0.15, -0.1) is 0 Å². The third kappa shape index (κ3) is 4.07. The quantitative estimate of drug-likeness (QED) is 0.563. The third-order valence-electron chi connectivity index (χ3n) is 4.47. The average molecular weight is 486 g/mol. The molecule has 3 aromatic rings. The van der Waals surface area contributed by atoms with Crippen molar-refractivity contribution >= 4 is 62.4 Å². The van der Waals surface area contributed by atoms with Crippen LogP contribution in [0.2, 0.25) is 0 Å². The molecule has 0 unspecified atom stereocenters. The zero-order chi connectivity index (χ0) is 21.3. The molecule has 0 bridgehead atoms. The van der Waals surface area contributed by atoms with Gasteiger partial charge < -0.3 is 15.2 Å². The summed E-state index contributed by atoms with van der Waals surface area (Å²) in [6.45, 7) is -0.299. The van der Waals surface area contributed by atoms with Crippen LogP contribution in [0.5, 0.6) is 11.6 Å². The fourth-order valence-corrected chi connectivity index (χ4v) is 4.18. The molecular formula is C21H16BrN3O4S. The molecule has 30 heavy (non-hydrogen) atoms. The molecule has 9 heteroatoms. The van der Waals surface area contributed by atoms with Gasteiger partial charge >= 0.3 is 4.87 Å². The van der Waals surface area contributed by atoms with Crippen molar-refractivity contribution in [2.45, 2.75) is 6.54 Å². The Hall–Kier alpha value is -3.17. The van der Waals surface area contributed by atoms with Crippen LogP contribution in [0.25, 0.3) is 11.6 Å². The van der Waals surface area contributed by atoms with Gasteiger partial charge in [-0.2, -0.15) is 0 Å². The number of fused-ring (bicyclic) bond motifs is 1. The predicted molar refractivity (Wildman–Crippen MR) is 122 cm³/mol. The Balaban J connectivity index is 1.54. The molecule has 2 heterocycles. The van der Waals surface area contributed by atoms with Crippen molar-refractivity contribution in [3.63, 3.8) is 0 Å². The number of benzene rings is 2. The highest BCUT2D eigenvalue weighted by molar-refractivity contribution is 9.10. The first-order chi connectivity index (χ1) is 14.4. The van der Waals surface area contributed by atoms with Gasteiger partial charge in [-0.25, -0.2) is 0 Å². The van der Waals surface area contributed by atoms with E-state index >= 15 is 0 Å². The number of hydrogen-bond acceptors (Lipinski definition) is 6. The fourth-order valence-electron chi connectivity index (χ4n) is 2.98. The number of amides is 1. The first-order valence-corrected chi connectivity index (χ1v) is 10.5. The van der Waals surface area contributed by atoms with Crippen LogP contribution in [0.1, 0.15) is 10.4 Å². The summed E-state index contributed by atoms with van der Waals surface area (Å²) in [4.78, 5) is 29.0. The van der Waals surface area contributed by atoms with Crippen LogP contribution in [0.4, 0.5) is 11.4 Å². The average Bonchev–Trinajstić information content (AvgIpc) is 3.24. The summed E-state index contributed by atoms with van der Waals surface area (Å²) in [5.41, 5.74) is 3.05. The van der Waals surface area contributed by atoms with Crippen LogP contribution in [-0.4, -0.2) is 28.9 Å². The first kappa shape index (κ1) is 20.1. The van der Waals surface area contributed by atoms with E-state index in [1.54, 1.807) is 43.7 Å². The van der Waals surface area contributed by atoms with Crippen molar-refractivity contribution in [3.05, 3.63) is 67.0 Å². The monoisotopic (exact) mass is 485 g/mol. The molecular weight excluding hydrogens is 470 g/mol. The van der Waals surface area contributed by atoms with E-state index in [1.165, 1.54) is 0 Å². The molecule has 7 nitrogen and oxygen atoms in total. The molecule has 0 radical (unpaired) electrons. The van der Waals surface area contributed by atoms with Gasteiger partial charge in [0.15, 0.2) is 0 Å². The predicted octanol–water partition coefficient (Wildman–Crippen LogP) is 4.28. The molecule has 1 aromatic heterocycles. The molecule has 1 aliphatic rings. The molecule has 2 N–H and O–H groups in total. The van der Waals surface area contributed by atoms with Crippen molar-refractivity contribution in [1.29, 1.82) is 0 Å². The van der Waals surface area contributed by atoms with E-state index < -0.39 is 10.8 Å². The number of aliphatic imine (C=N–C) groups is 1. The van der Waals surface area contributed by atoms with Crippen LogP contribution in [0, 0.1) is 0 Å². The number of nitrogens with zero attached hydrogens (tertiary/aromatic N) is 2. The lowest BCUT2D eigenvalue weighted by Gasteiger charge is -2.07. The largest absolute Gasteiger partial charge is 0.497 e. The molecule has 1 aliphatic heterocycles. The van der Waals surface area contributed by atoms with Crippen LogP contribution >= 0.6 is 27.3 Å². The van der Waals surface area contributed by atoms with Gasteiger partial charge in [0.2, 0.25) is 11.8 Å². The second-order valence-electron chi connectivity index (χ2n) is 6.44. The van der Waals surface area contributed by atoms with Gasteiger partial charge in [0.05, 0.1) is 17.7 Å². The summed E-state index contributed by atoms with van der Waals surface area (Å²) < 4.78 is 7.03. The summed E-state index contributed by atoms with van der Waals surface area (Å²) in [6, 6.07) is 12.5. The van der Waals surface area contributed by atoms with Crippen molar-refractivity contribution in [2.24, 2.45) is 4.99 Å². The number of rotatable bonds is 5. The molecule has 1 amide bonds. The van der Waals surface area contributed by atoms with E-state index in [9.17, 15) is 14.7 Å². The summed E-state index contributed by atoms with van der Waals surface area (Å²) in [5.74, 6) is -0.00747. The first-order valence-electron chi connectivity index (χ1n) is 8.87. The SMILES string of the molecule is COc1ccc(NC(=O)Cn2c(O)c(C=C3C=Nc4ccc(Br)cc43)sc2=O)cc1. The van der Waals surface area contributed by atoms with E-state index in [-0.39, 0.29) is 12.4 Å². The third-order valence-corrected chi connectivity index (χ3v) is 5.88.